The molecule has 0 spiro atoms. The summed E-state index contributed by atoms with van der Waals surface area (Å²) in [4.78, 5) is 218. The Morgan fingerprint density at radius 2 is 0.856 bits per heavy atom. The fourth-order valence-corrected chi connectivity index (χ4v) is 11.7. The highest BCUT2D eigenvalue weighted by molar-refractivity contribution is 6.00. The molecule has 34 nitrogen and oxygen atoms in total. The van der Waals surface area contributed by atoms with Gasteiger partial charge in [0.1, 0.15) is 72.5 Å². The lowest BCUT2D eigenvalue weighted by Gasteiger charge is -2.33. The van der Waals surface area contributed by atoms with Crippen molar-refractivity contribution in [1.82, 2.24) is 62.6 Å². The van der Waals surface area contributed by atoms with E-state index in [9.17, 15) is 92.0 Å². The second-order valence-corrected chi connectivity index (χ2v) is 26.8. The van der Waals surface area contributed by atoms with Crippen LogP contribution in [-0.4, -0.2) is 229 Å². The van der Waals surface area contributed by atoms with Gasteiger partial charge in [-0.15, -0.1) is 0 Å². The third-order valence-corrected chi connectivity index (χ3v) is 17.0. The van der Waals surface area contributed by atoms with Crippen molar-refractivity contribution in [3.63, 3.8) is 0 Å². The molecule has 0 aliphatic carbocycles. The van der Waals surface area contributed by atoms with E-state index in [1.54, 1.807) is 41.5 Å². The molecule has 0 aromatic heterocycles. The van der Waals surface area contributed by atoms with Crippen LogP contribution in [0.15, 0.2) is 0 Å². The molecule has 34 heteroatoms. The van der Waals surface area contributed by atoms with Crippen molar-refractivity contribution in [3.05, 3.63) is 0 Å². The lowest BCUT2D eigenvalue weighted by Crippen LogP contribution is -2.61. The molecule has 0 aromatic rings. The lowest BCUT2D eigenvalue weighted by molar-refractivity contribution is -0.147. The van der Waals surface area contributed by atoms with Crippen LogP contribution in [0, 0.1) is 23.7 Å². The Morgan fingerprint density at radius 3 is 1.34 bits per heavy atom. The number of amides is 13. The highest BCUT2D eigenvalue weighted by Crippen LogP contribution is 2.25. The van der Waals surface area contributed by atoms with Crippen molar-refractivity contribution in [2.24, 2.45) is 40.9 Å². The number of nitrogens with zero attached hydrogens (tertiary/aromatic N) is 3. The molecule has 0 unspecified atom stereocenters. The van der Waals surface area contributed by atoms with Crippen LogP contribution < -0.4 is 65.1 Å². The SMILES string of the molecule is CC(C)C[C@H](NC(=O)[C@@H]1CCCN1C(=O)[C@@H](NC(=O)[C@@H]1CCCN1C(=O)[C@H](CCC(=O)O)NC(=O)[C@H](C)NC(=O)[C@H](C)NC(=O)[C@@H]1CCCN1C(=O)[C@@H](N)CC(C)C)C(C)C)C(=O)N[C@H](C(=O)N[C@@H](CCCCN)C(=O)N[C@@H](CCC(N)=O)C(=O)N[C@@H](CC(=O)O)C(=O)O)C(C)C. The van der Waals surface area contributed by atoms with Crippen LogP contribution in [0.1, 0.15) is 172 Å². The molecule has 0 radical (unpaired) electrons. The van der Waals surface area contributed by atoms with Crippen molar-refractivity contribution in [2.45, 2.75) is 251 Å². The van der Waals surface area contributed by atoms with Gasteiger partial charge in [-0.25, -0.2) is 4.79 Å². The summed E-state index contributed by atoms with van der Waals surface area (Å²) in [5.41, 5.74) is 17.1. The summed E-state index contributed by atoms with van der Waals surface area (Å²) in [5.74, 6) is -16.2. The molecule has 13 amide bonds. The lowest BCUT2D eigenvalue weighted by atomic mass is 9.98. The first-order valence-electron chi connectivity index (χ1n) is 33.5. The molecule has 546 valence electrons. The molecule has 13 atom stereocenters. The maximum absolute atomic E-state index is 14.6. The van der Waals surface area contributed by atoms with Gasteiger partial charge in [0.25, 0.3) is 0 Å². The minimum absolute atomic E-state index is 0.00428. The molecule has 18 N–H and O–H groups in total. The fraction of sp³-hybridized carbons (Fsp3) is 0.746. The van der Waals surface area contributed by atoms with Crippen LogP contribution in [0.25, 0.3) is 0 Å². The van der Waals surface area contributed by atoms with Gasteiger partial charge in [0.05, 0.1) is 12.5 Å². The Kier molecular flexibility index (Phi) is 33.8. The number of carbonyl (C=O) groups excluding carboxylic acids is 13. The summed E-state index contributed by atoms with van der Waals surface area (Å²) >= 11 is 0. The number of carbonyl (C=O) groups is 16. The summed E-state index contributed by atoms with van der Waals surface area (Å²) in [5, 5.41) is 51.2. The minimum Gasteiger partial charge on any atom is -0.481 e. The van der Waals surface area contributed by atoms with E-state index in [0.29, 0.717) is 45.1 Å². The Bertz CT molecular complexity index is 2840. The van der Waals surface area contributed by atoms with Gasteiger partial charge in [-0.3, -0.25) is 71.9 Å². The Morgan fingerprint density at radius 1 is 0.423 bits per heavy atom. The van der Waals surface area contributed by atoms with Crippen molar-refractivity contribution in [1.29, 1.82) is 0 Å². The maximum atomic E-state index is 14.6. The second kappa shape index (κ2) is 39.6. The van der Waals surface area contributed by atoms with E-state index in [4.69, 9.17) is 17.2 Å². The Hall–Kier alpha value is -8.56. The number of nitrogens with two attached hydrogens (primary N) is 3. The topological polar surface area (TPSA) is 530 Å². The normalized spacial score (nSPS) is 19.2. The zero-order valence-corrected chi connectivity index (χ0v) is 57.4. The molecule has 0 saturated carbocycles. The quantitative estimate of drug-likeness (QED) is 0.0270. The minimum atomic E-state index is -1.92. The van der Waals surface area contributed by atoms with Crippen molar-refractivity contribution in [3.8, 4) is 0 Å². The third-order valence-electron chi connectivity index (χ3n) is 17.0. The molecule has 3 rings (SSSR count). The highest BCUT2D eigenvalue weighted by atomic mass is 16.4. The van der Waals surface area contributed by atoms with E-state index in [0.717, 1.165) is 0 Å². The largest absolute Gasteiger partial charge is 0.481 e. The van der Waals surface area contributed by atoms with E-state index < -0.39 is 211 Å². The van der Waals surface area contributed by atoms with Crippen LogP contribution in [0.4, 0.5) is 0 Å². The predicted molar refractivity (Wildman–Crippen MR) is 348 cm³/mol. The van der Waals surface area contributed by atoms with Gasteiger partial charge in [0.2, 0.25) is 76.8 Å². The summed E-state index contributed by atoms with van der Waals surface area (Å²) in [6.45, 7) is 17.2. The van der Waals surface area contributed by atoms with Crippen molar-refractivity contribution >= 4 is 94.7 Å². The van der Waals surface area contributed by atoms with Crippen molar-refractivity contribution in [2.75, 3.05) is 26.2 Å². The number of likely N-dealkylation sites (tertiary alicyclic amines) is 3. The maximum Gasteiger partial charge on any atom is 0.326 e. The third kappa shape index (κ3) is 26.1. The van der Waals surface area contributed by atoms with Crippen molar-refractivity contribution < 1.29 is 92.0 Å². The summed E-state index contributed by atoms with van der Waals surface area (Å²) < 4.78 is 0. The van der Waals surface area contributed by atoms with Gasteiger partial charge in [-0.05, 0) is 128 Å². The molecular weight excluding hydrogens is 1270 g/mol. The van der Waals surface area contributed by atoms with Gasteiger partial charge in [0.15, 0.2) is 0 Å². The fourth-order valence-electron chi connectivity index (χ4n) is 11.7. The molecule has 3 aliphatic rings. The standard InChI is InChI=1S/C63H105N15O19/c1-31(2)28-37(65)60(93)76-25-13-17-43(76)56(89)68-35(9)51(84)67-36(10)52(85)71-40(21-23-47(80)81)61(94)77-26-14-19-45(77)58(91)75-50(34(7)8)62(95)78-27-15-18-44(78)57(90)72-41(29-32(3)4)55(88)74-49(33(5)6)59(92)70-38(16-11-12-24-64)53(86)69-39(20-22-46(66)79)54(87)73-42(63(96)97)30-48(82)83/h31-45,49-50H,11-30,64-65H2,1-10H3,(H2,66,79)(H,67,84)(H,68,89)(H,69,86)(H,70,92)(H,71,85)(H,72,90)(H,73,87)(H,74,88)(H,75,91)(H,80,81)(H,82,83)(H,96,97)/t35-,36-,37-,38-,39-,40-,41-,42-,43-,44-,45-,49-,50-/m0/s1. The van der Waals surface area contributed by atoms with E-state index in [2.05, 4.69) is 42.5 Å². The van der Waals surface area contributed by atoms with Crippen LogP contribution in [0.3, 0.4) is 0 Å². The van der Waals surface area contributed by atoms with E-state index in [1.807, 2.05) is 19.2 Å². The average Bonchev–Trinajstić information content (AvgIpc) is 1.74. The van der Waals surface area contributed by atoms with Gasteiger partial charge >= 0.3 is 17.9 Å². The first-order valence-corrected chi connectivity index (χ1v) is 33.5. The number of hydrogen-bond donors (Lipinski definition) is 15. The monoisotopic (exact) mass is 1380 g/mol. The van der Waals surface area contributed by atoms with Gasteiger partial charge in [0, 0.05) is 32.5 Å². The number of nitrogens with one attached hydrogen (secondary N) is 9. The molecule has 3 aliphatic heterocycles. The zero-order chi connectivity index (χ0) is 73.3. The number of rotatable bonds is 40. The number of primary amides is 1. The highest BCUT2D eigenvalue weighted by Gasteiger charge is 2.45. The second-order valence-electron chi connectivity index (χ2n) is 26.8. The Balaban J connectivity index is 1.77. The number of carboxylic acids is 3. The van der Waals surface area contributed by atoms with Crippen LogP contribution in [0.2, 0.25) is 0 Å². The molecule has 3 heterocycles. The molecule has 3 fully saturated rings. The van der Waals surface area contributed by atoms with Crippen LogP contribution >= 0.6 is 0 Å². The van der Waals surface area contributed by atoms with Crippen LogP contribution in [-0.2, 0) is 76.7 Å². The van der Waals surface area contributed by atoms with Gasteiger partial charge < -0.3 is 95.1 Å². The van der Waals surface area contributed by atoms with Gasteiger partial charge in [-0.2, -0.15) is 0 Å². The number of carboxylic acid groups (broad SMARTS) is 3. The summed E-state index contributed by atoms with van der Waals surface area (Å²) in [6, 6.07) is -16.9. The Labute approximate surface area is 565 Å². The smallest absolute Gasteiger partial charge is 0.326 e. The summed E-state index contributed by atoms with van der Waals surface area (Å²) in [7, 11) is 0. The average molecular weight is 1380 g/mol. The molecule has 0 aromatic carbocycles. The number of aliphatic carboxylic acids is 3. The molecule has 0 bridgehead atoms. The molecular formula is C63H105N15O19. The van der Waals surface area contributed by atoms with E-state index in [1.165, 1.54) is 28.5 Å². The van der Waals surface area contributed by atoms with E-state index in [-0.39, 0.29) is 69.5 Å². The first-order chi connectivity index (χ1) is 45.4. The van der Waals surface area contributed by atoms with Gasteiger partial charge in [-0.1, -0.05) is 55.4 Å². The molecule has 3 saturated heterocycles. The van der Waals surface area contributed by atoms with Crippen LogP contribution in [0.5, 0.6) is 0 Å². The number of hydrogen-bond acceptors (Lipinski definition) is 18. The van der Waals surface area contributed by atoms with E-state index >= 15 is 0 Å². The predicted octanol–water partition coefficient (Wildman–Crippen LogP) is -3.09. The number of unbranched alkanes of at least 4 members (excludes halogenated alkanes) is 1. The zero-order valence-electron chi connectivity index (χ0n) is 57.4. The first kappa shape index (κ1) is 82.7. The summed E-state index contributed by atoms with van der Waals surface area (Å²) in [6.07, 6.45) is -0.113. The molecule has 97 heavy (non-hydrogen) atoms.